The summed E-state index contributed by atoms with van der Waals surface area (Å²) in [5, 5.41) is 1.90. The van der Waals surface area contributed by atoms with Crippen LogP contribution in [0.2, 0.25) is 0 Å². The number of Topliss-reactive ketones (excluding diaryl/α,β-unsaturated/α-hetero) is 1. The molecule has 1 N–H and O–H groups in total. The Labute approximate surface area is 79.4 Å². The number of nitrogens with zero attached hydrogens (tertiary/aromatic N) is 1. The Kier molecular flexibility index (Phi) is 2.23. The van der Waals surface area contributed by atoms with Crippen LogP contribution >= 0.6 is 11.3 Å². The fourth-order valence-electron chi connectivity index (χ4n) is 1.07. The molecule has 0 aromatic carbocycles. The van der Waals surface area contributed by atoms with Crippen molar-refractivity contribution in [3.05, 3.63) is 40.6 Å². The molecule has 2 heterocycles. The maximum absolute atomic E-state index is 11.5. The number of rotatable bonds is 3. The summed E-state index contributed by atoms with van der Waals surface area (Å²) < 4.78 is 0. The molecule has 0 spiro atoms. The molecular formula is C9H8N2OS. The van der Waals surface area contributed by atoms with Crippen molar-refractivity contribution in [1.29, 1.82) is 0 Å². The lowest BCUT2D eigenvalue weighted by Gasteiger charge is -1.92. The SMILES string of the molecule is O=C(Cc1ncc[nH]1)c1cccs1. The van der Waals surface area contributed by atoms with Crippen molar-refractivity contribution in [2.75, 3.05) is 0 Å². The highest BCUT2D eigenvalue weighted by Gasteiger charge is 2.08. The van der Waals surface area contributed by atoms with Crippen LogP contribution in [0.15, 0.2) is 29.9 Å². The summed E-state index contributed by atoms with van der Waals surface area (Å²) in [6.07, 6.45) is 3.72. The first kappa shape index (κ1) is 8.19. The van der Waals surface area contributed by atoms with Gasteiger partial charge in [0.1, 0.15) is 5.82 Å². The molecule has 13 heavy (non-hydrogen) atoms. The third-order valence-corrected chi connectivity index (χ3v) is 2.59. The molecule has 0 aliphatic carbocycles. The summed E-state index contributed by atoms with van der Waals surface area (Å²) in [4.78, 5) is 19.2. The second-order valence-electron chi connectivity index (χ2n) is 2.61. The van der Waals surface area contributed by atoms with E-state index in [1.807, 2.05) is 17.5 Å². The number of thiophene rings is 1. The first-order valence-corrected chi connectivity index (χ1v) is 4.79. The van der Waals surface area contributed by atoms with Gasteiger partial charge in [-0.1, -0.05) is 6.07 Å². The fraction of sp³-hybridized carbons (Fsp3) is 0.111. The standard InChI is InChI=1S/C9H8N2OS/c12-7(8-2-1-5-13-8)6-9-10-3-4-11-9/h1-5H,6H2,(H,10,11). The van der Waals surface area contributed by atoms with Gasteiger partial charge in [0.05, 0.1) is 11.3 Å². The van der Waals surface area contributed by atoms with Crippen LogP contribution in [0.4, 0.5) is 0 Å². The van der Waals surface area contributed by atoms with E-state index in [0.29, 0.717) is 6.42 Å². The van der Waals surface area contributed by atoms with Gasteiger partial charge in [-0.05, 0) is 11.4 Å². The minimum atomic E-state index is 0.116. The van der Waals surface area contributed by atoms with Crippen molar-refractivity contribution in [2.45, 2.75) is 6.42 Å². The van der Waals surface area contributed by atoms with Crippen molar-refractivity contribution in [3.63, 3.8) is 0 Å². The zero-order valence-corrected chi connectivity index (χ0v) is 7.67. The topological polar surface area (TPSA) is 45.8 Å². The van der Waals surface area contributed by atoms with Crippen molar-refractivity contribution in [1.82, 2.24) is 9.97 Å². The zero-order chi connectivity index (χ0) is 9.10. The molecule has 0 atom stereocenters. The molecule has 0 fully saturated rings. The Morgan fingerprint density at radius 3 is 3.15 bits per heavy atom. The number of hydrogen-bond donors (Lipinski definition) is 1. The monoisotopic (exact) mass is 192 g/mol. The average Bonchev–Trinajstić information content (AvgIpc) is 2.74. The molecule has 0 saturated heterocycles. The first-order valence-electron chi connectivity index (χ1n) is 3.91. The molecule has 2 rings (SSSR count). The number of aromatic amines is 1. The van der Waals surface area contributed by atoms with E-state index in [4.69, 9.17) is 0 Å². The molecular weight excluding hydrogens is 184 g/mol. The van der Waals surface area contributed by atoms with Gasteiger partial charge < -0.3 is 4.98 Å². The lowest BCUT2D eigenvalue weighted by atomic mass is 10.2. The molecule has 0 saturated carbocycles. The van der Waals surface area contributed by atoms with Crippen LogP contribution in [-0.4, -0.2) is 15.8 Å². The van der Waals surface area contributed by atoms with Gasteiger partial charge in [-0.25, -0.2) is 4.98 Å². The number of H-pyrrole nitrogens is 1. The fourth-order valence-corrected chi connectivity index (χ4v) is 1.74. The van der Waals surface area contributed by atoms with Crippen LogP contribution in [0.3, 0.4) is 0 Å². The van der Waals surface area contributed by atoms with Crippen molar-refractivity contribution in [3.8, 4) is 0 Å². The highest BCUT2D eigenvalue weighted by Crippen LogP contribution is 2.11. The zero-order valence-electron chi connectivity index (χ0n) is 6.86. The Bertz CT molecular complexity index is 378. The summed E-state index contributed by atoms with van der Waals surface area (Å²) >= 11 is 1.46. The number of ketones is 1. The van der Waals surface area contributed by atoms with Crippen LogP contribution in [0.25, 0.3) is 0 Å². The van der Waals surface area contributed by atoms with E-state index in [2.05, 4.69) is 9.97 Å². The van der Waals surface area contributed by atoms with Crippen LogP contribution in [-0.2, 0) is 6.42 Å². The quantitative estimate of drug-likeness (QED) is 0.755. The van der Waals surface area contributed by atoms with Crippen LogP contribution in [0.5, 0.6) is 0 Å². The van der Waals surface area contributed by atoms with E-state index in [0.717, 1.165) is 10.7 Å². The molecule has 2 aromatic rings. The molecule has 0 unspecified atom stereocenters. The van der Waals surface area contributed by atoms with Gasteiger partial charge in [0.2, 0.25) is 0 Å². The van der Waals surface area contributed by atoms with Gasteiger partial charge in [-0.3, -0.25) is 4.79 Å². The normalized spacial score (nSPS) is 10.2. The maximum Gasteiger partial charge on any atom is 0.180 e. The van der Waals surface area contributed by atoms with E-state index in [-0.39, 0.29) is 5.78 Å². The largest absolute Gasteiger partial charge is 0.348 e. The molecule has 4 heteroatoms. The molecule has 0 bridgehead atoms. The molecule has 0 radical (unpaired) electrons. The predicted octanol–water partition coefficient (Wildman–Crippen LogP) is 1.90. The van der Waals surface area contributed by atoms with Gasteiger partial charge in [0.25, 0.3) is 0 Å². The van der Waals surface area contributed by atoms with Gasteiger partial charge in [0.15, 0.2) is 5.78 Å². The second kappa shape index (κ2) is 3.53. The lowest BCUT2D eigenvalue weighted by molar-refractivity contribution is 0.0995. The van der Waals surface area contributed by atoms with Gasteiger partial charge in [-0.2, -0.15) is 0 Å². The molecule has 3 nitrogen and oxygen atoms in total. The third kappa shape index (κ3) is 1.84. The van der Waals surface area contributed by atoms with Crippen molar-refractivity contribution >= 4 is 17.1 Å². The minimum Gasteiger partial charge on any atom is -0.348 e. The van der Waals surface area contributed by atoms with Gasteiger partial charge in [0, 0.05) is 12.4 Å². The summed E-state index contributed by atoms with van der Waals surface area (Å²) in [5.74, 6) is 0.836. The molecule has 2 aromatic heterocycles. The van der Waals surface area contributed by atoms with Gasteiger partial charge >= 0.3 is 0 Å². The smallest absolute Gasteiger partial charge is 0.180 e. The van der Waals surface area contributed by atoms with E-state index in [1.54, 1.807) is 12.4 Å². The lowest BCUT2D eigenvalue weighted by Crippen LogP contribution is -2.02. The molecule has 0 aliphatic rings. The van der Waals surface area contributed by atoms with E-state index in [9.17, 15) is 4.79 Å². The maximum atomic E-state index is 11.5. The highest BCUT2D eigenvalue weighted by molar-refractivity contribution is 7.12. The average molecular weight is 192 g/mol. The van der Waals surface area contributed by atoms with Crippen LogP contribution in [0.1, 0.15) is 15.5 Å². The Morgan fingerprint density at radius 2 is 2.54 bits per heavy atom. The van der Waals surface area contributed by atoms with Crippen LogP contribution in [0, 0.1) is 0 Å². The van der Waals surface area contributed by atoms with E-state index in [1.165, 1.54) is 11.3 Å². The molecule has 66 valence electrons. The number of carbonyl (C=O) groups excluding carboxylic acids is 1. The summed E-state index contributed by atoms with van der Waals surface area (Å²) in [5.41, 5.74) is 0. The molecule has 0 amide bonds. The number of nitrogens with one attached hydrogen (secondary N) is 1. The summed E-state index contributed by atoms with van der Waals surface area (Å²) in [6.45, 7) is 0. The Morgan fingerprint density at radius 1 is 1.62 bits per heavy atom. The third-order valence-electron chi connectivity index (χ3n) is 1.68. The summed E-state index contributed by atoms with van der Waals surface area (Å²) in [6, 6.07) is 3.70. The Balaban J connectivity index is 2.08. The van der Waals surface area contributed by atoms with E-state index < -0.39 is 0 Å². The number of hydrogen-bond acceptors (Lipinski definition) is 3. The molecule has 0 aliphatic heterocycles. The first-order chi connectivity index (χ1) is 6.36. The second-order valence-corrected chi connectivity index (χ2v) is 3.56. The van der Waals surface area contributed by atoms with Gasteiger partial charge in [-0.15, -0.1) is 11.3 Å². The number of aromatic nitrogens is 2. The summed E-state index contributed by atoms with van der Waals surface area (Å²) in [7, 11) is 0. The number of imidazole rings is 1. The predicted molar refractivity (Wildman–Crippen MR) is 50.9 cm³/mol. The highest BCUT2D eigenvalue weighted by atomic mass is 32.1. The van der Waals surface area contributed by atoms with Crippen molar-refractivity contribution in [2.24, 2.45) is 0 Å². The Hall–Kier alpha value is -1.42. The minimum absolute atomic E-state index is 0.116. The van der Waals surface area contributed by atoms with Crippen molar-refractivity contribution < 1.29 is 4.79 Å². The van der Waals surface area contributed by atoms with Crippen LogP contribution < -0.4 is 0 Å². The van der Waals surface area contributed by atoms with E-state index >= 15 is 0 Å². The number of carbonyl (C=O) groups is 1.